The number of halogens is 2. The number of nitrogens with one attached hydrogen (secondary N) is 1. The number of benzene rings is 3. The van der Waals surface area contributed by atoms with Gasteiger partial charge in [0.25, 0.3) is 11.7 Å². The van der Waals surface area contributed by atoms with Gasteiger partial charge in [-0.05, 0) is 61.0 Å². The van der Waals surface area contributed by atoms with Crippen LogP contribution in [-0.2, 0) is 9.53 Å². The van der Waals surface area contributed by atoms with Gasteiger partial charge in [0.1, 0.15) is 11.8 Å². The molecule has 2 heterocycles. The van der Waals surface area contributed by atoms with E-state index in [0.29, 0.717) is 40.2 Å². The number of nitrogens with zero attached hydrogens (tertiary/aromatic N) is 2. The van der Waals surface area contributed by atoms with Crippen molar-refractivity contribution < 1.29 is 27.5 Å². The molecule has 3 aromatic carbocycles. The predicted molar refractivity (Wildman–Crippen MR) is 149 cm³/mol. The molecule has 5 rings (SSSR count). The van der Waals surface area contributed by atoms with E-state index in [9.17, 15) is 18.4 Å². The smallest absolute Gasteiger partial charge is 0.340 e. The number of alkyl halides is 2. The van der Waals surface area contributed by atoms with Gasteiger partial charge in [-0.1, -0.05) is 53.7 Å². The Kier molecular flexibility index (Phi) is 8.26. The van der Waals surface area contributed by atoms with E-state index in [1.807, 2.05) is 31.2 Å². The standard InChI is InChI=1S/C30H25F2N3O4S/c1-19-8-10-20(11-9-19)25-17-26(27-7-4-16-38-27)35(34-25)28(36)18-39-29(37)23-5-2-3-6-24(23)33-21-12-14-22(15-13-21)40-30(31)32/h2-16,26,30,33H,17-18H2,1H3/t26-/m0/s1. The normalized spacial score (nSPS) is 14.8. The minimum Gasteiger partial charge on any atom is -0.467 e. The third kappa shape index (κ3) is 6.40. The molecule has 0 saturated heterocycles. The predicted octanol–water partition coefficient (Wildman–Crippen LogP) is 7.18. The Morgan fingerprint density at radius 1 is 1.05 bits per heavy atom. The first-order valence-corrected chi connectivity index (χ1v) is 13.3. The Bertz CT molecular complexity index is 1510. The molecule has 0 spiro atoms. The van der Waals surface area contributed by atoms with Gasteiger partial charge in [0.15, 0.2) is 6.61 Å². The van der Waals surface area contributed by atoms with Crippen molar-refractivity contribution in [1.82, 2.24) is 5.01 Å². The van der Waals surface area contributed by atoms with Crippen molar-refractivity contribution in [2.45, 2.75) is 30.0 Å². The molecule has 1 atom stereocenters. The van der Waals surface area contributed by atoms with E-state index in [1.165, 1.54) is 11.3 Å². The van der Waals surface area contributed by atoms with Crippen LogP contribution in [0.5, 0.6) is 0 Å². The maximum Gasteiger partial charge on any atom is 0.340 e. The molecule has 0 fully saturated rings. The van der Waals surface area contributed by atoms with Crippen molar-refractivity contribution in [3.63, 3.8) is 0 Å². The molecule has 0 radical (unpaired) electrons. The molecule has 0 aliphatic carbocycles. The van der Waals surface area contributed by atoms with Crippen molar-refractivity contribution in [1.29, 1.82) is 0 Å². The van der Waals surface area contributed by atoms with E-state index in [2.05, 4.69) is 10.4 Å². The average molecular weight is 562 g/mol. The molecular formula is C30H25F2N3O4S. The average Bonchev–Trinajstić information content (AvgIpc) is 3.64. The van der Waals surface area contributed by atoms with E-state index >= 15 is 0 Å². The zero-order valence-corrected chi connectivity index (χ0v) is 22.2. The Hall–Kier alpha value is -4.44. The Morgan fingerprint density at radius 3 is 2.50 bits per heavy atom. The van der Waals surface area contributed by atoms with E-state index in [0.717, 1.165) is 16.8 Å². The maximum absolute atomic E-state index is 13.2. The summed E-state index contributed by atoms with van der Waals surface area (Å²) >= 11 is 0.453. The van der Waals surface area contributed by atoms with Crippen LogP contribution in [0.1, 0.15) is 39.7 Å². The van der Waals surface area contributed by atoms with Crippen LogP contribution in [0.15, 0.2) is 106 Å². The highest BCUT2D eigenvalue weighted by molar-refractivity contribution is 7.99. The molecule has 1 N–H and O–H groups in total. The zero-order valence-electron chi connectivity index (χ0n) is 21.4. The quantitative estimate of drug-likeness (QED) is 0.172. The number of thioether (sulfide) groups is 1. The first-order valence-electron chi connectivity index (χ1n) is 12.5. The highest BCUT2D eigenvalue weighted by Crippen LogP contribution is 2.33. The number of hydrogen-bond donors (Lipinski definition) is 1. The number of para-hydroxylation sites is 1. The Labute approximate surface area is 233 Å². The summed E-state index contributed by atoms with van der Waals surface area (Å²) in [5.74, 6) is -3.11. The SMILES string of the molecule is Cc1ccc(C2=NN(C(=O)COC(=O)c3ccccc3Nc3ccc(SC(F)F)cc3)[C@H](c3ccco3)C2)cc1. The molecule has 7 nitrogen and oxygen atoms in total. The summed E-state index contributed by atoms with van der Waals surface area (Å²) in [5.41, 5.74) is 4.01. The van der Waals surface area contributed by atoms with E-state index < -0.39 is 30.3 Å². The highest BCUT2D eigenvalue weighted by Gasteiger charge is 2.35. The maximum atomic E-state index is 13.2. The number of hydrogen-bond acceptors (Lipinski definition) is 7. The van der Waals surface area contributed by atoms with E-state index in [4.69, 9.17) is 9.15 Å². The monoisotopic (exact) mass is 561 g/mol. The van der Waals surface area contributed by atoms with Crippen molar-refractivity contribution in [2.75, 3.05) is 11.9 Å². The molecule has 1 aromatic heterocycles. The van der Waals surface area contributed by atoms with Crippen LogP contribution in [0.25, 0.3) is 0 Å². The summed E-state index contributed by atoms with van der Waals surface area (Å²) in [4.78, 5) is 26.7. The second-order valence-corrected chi connectivity index (χ2v) is 10.1. The van der Waals surface area contributed by atoms with Gasteiger partial charge in [-0.3, -0.25) is 4.79 Å². The van der Waals surface area contributed by atoms with Gasteiger partial charge in [0, 0.05) is 17.0 Å². The molecule has 0 saturated carbocycles. The molecule has 1 aliphatic rings. The molecule has 1 aliphatic heterocycles. The van der Waals surface area contributed by atoms with Gasteiger partial charge in [-0.25, -0.2) is 9.80 Å². The fraction of sp³-hybridized carbons (Fsp3) is 0.167. The lowest BCUT2D eigenvalue weighted by molar-refractivity contribution is -0.136. The van der Waals surface area contributed by atoms with Gasteiger partial charge in [-0.2, -0.15) is 13.9 Å². The number of carbonyl (C=O) groups is 2. The van der Waals surface area contributed by atoms with Crippen LogP contribution >= 0.6 is 11.8 Å². The summed E-state index contributed by atoms with van der Waals surface area (Å²) in [6.07, 6.45) is 1.99. The van der Waals surface area contributed by atoms with Crippen molar-refractivity contribution >= 4 is 40.7 Å². The van der Waals surface area contributed by atoms with Crippen LogP contribution in [0.3, 0.4) is 0 Å². The first kappa shape index (κ1) is 27.1. The summed E-state index contributed by atoms with van der Waals surface area (Å²) in [6, 6.07) is 24.0. The van der Waals surface area contributed by atoms with E-state index in [-0.39, 0.29) is 5.56 Å². The van der Waals surface area contributed by atoms with E-state index in [1.54, 1.807) is 60.7 Å². The third-order valence-electron chi connectivity index (χ3n) is 6.25. The molecule has 0 bridgehead atoms. The van der Waals surface area contributed by atoms with Crippen molar-refractivity contribution in [3.8, 4) is 0 Å². The number of ether oxygens (including phenoxy) is 1. The molecule has 0 unspecified atom stereocenters. The van der Waals surface area contributed by atoms with Gasteiger partial charge >= 0.3 is 5.97 Å². The first-order chi connectivity index (χ1) is 19.4. The number of amides is 1. The number of hydrazone groups is 1. The molecule has 10 heteroatoms. The summed E-state index contributed by atoms with van der Waals surface area (Å²) in [6.45, 7) is 1.48. The molecule has 4 aromatic rings. The van der Waals surface area contributed by atoms with Gasteiger partial charge in [-0.15, -0.1) is 0 Å². The van der Waals surface area contributed by atoms with Crippen LogP contribution < -0.4 is 5.32 Å². The fourth-order valence-electron chi connectivity index (χ4n) is 4.28. The van der Waals surface area contributed by atoms with Crippen LogP contribution in [0.2, 0.25) is 0 Å². The number of aryl methyl sites for hydroxylation is 1. The Morgan fingerprint density at radius 2 is 1.80 bits per heavy atom. The van der Waals surface area contributed by atoms with Crippen molar-refractivity contribution in [2.24, 2.45) is 5.10 Å². The fourth-order valence-corrected chi connectivity index (χ4v) is 4.78. The second-order valence-electron chi connectivity index (χ2n) is 9.04. The Balaban J connectivity index is 1.28. The third-order valence-corrected chi connectivity index (χ3v) is 6.98. The molecule has 40 heavy (non-hydrogen) atoms. The lowest BCUT2D eigenvalue weighted by Crippen LogP contribution is -2.31. The minimum absolute atomic E-state index is 0.217. The minimum atomic E-state index is -2.51. The lowest BCUT2D eigenvalue weighted by Gasteiger charge is -2.20. The largest absolute Gasteiger partial charge is 0.467 e. The topological polar surface area (TPSA) is 84.1 Å². The number of anilines is 2. The summed E-state index contributed by atoms with van der Waals surface area (Å²) in [7, 11) is 0. The van der Waals surface area contributed by atoms with Crippen molar-refractivity contribution in [3.05, 3.63) is 114 Å². The van der Waals surface area contributed by atoms with Gasteiger partial charge in [0.05, 0.1) is 23.2 Å². The van der Waals surface area contributed by atoms with Crippen LogP contribution in [0, 0.1) is 6.92 Å². The number of rotatable bonds is 9. The summed E-state index contributed by atoms with van der Waals surface area (Å²) in [5, 5.41) is 8.98. The zero-order chi connectivity index (χ0) is 28.1. The highest BCUT2D eigenvalue weighted by atomic mass is 32.2. The number of esters is 1. The molecule has 204 valence electrons. The lowest BCUT2D eigenvalue weighted by atomic mass is 10.0. The molecular weight excluding hydrogens is 536 g/mol. The second kappa shape index (κ2) is 12.2. The van der Waals surface area contributed by atoms with Crippen LogP contribution in [-0.4, -0.2) is 35.0 Å². The van der Waals surface area contributed by atoms with Gasteiger partial charge in [0.2, 0.25) is 0 Å². The number of furan rings is 1. The van der Waals surface area contributed by atoms with Gasteiger partial charge < -0.3 is 14.5 Å². The summed E-state index contributed by atoms with van der Waals surface area (Å²) < 4.78 is 36.2. The van der Waals surface area contributed by atoms with Crippen LogP contribution in [0.4, 0.5) is 20.2 Å². The number of carbonyl (C=O) groups excluding carboxylic acids is 2. The molecule has 1 amide bonds.